The van der Waals surface area contributed by atoms with Crippen LogP contribution in [0.2, 0.25) is 0 Å². The van der Waals surface area contributed by atoms with E-state index in [0.29, 0.717) is 62.0 Å². The van der Waals surface area contributed by atoms with Gasteiger partial charge in [0.05, 0.1) is 23.5 Å². The number of ether oxygens (including phenoxy) is 2. The van der Waals surface area contributed by atoms with E-state index in [0.717, 1.165) is 16.2 Å². The Balaban J connectivity index is 1.33. The molecule has 0 bridgehead atoms. The van der Waals surface area contributed by atoms with Gasteiger partial charge in [0.25, 0.3) is 0 Å². The number of aliphatic hydroxyl groups is 1. The second kappa shape index (κ2) is 10.2. The molecule has 0 unspecified atom stereocenters. The lowest BCUT2D eigenvalue weighted by Crippen LogP contribution is -2.32. The molecule has 1 aliphatic rings. The molecule has 0 amide bonds. The summed E-state index contributed by atoms with van der Waals surface area (Å²) in [6, 6.07) is 17.7. The lowest BCUT2D eigenvalue weighted by molar-refractivity contribution is -0.0677. The Bertz CT molecular complexity index is 1420. The largest absolute Gasteiger partial charge is 0.483 e. The van der Waals surface area contributed by atoms with E-state index in [1.54, 1.807) is 12.1 Å². The van der Waals surface area contributed by atoms with Crippen molar-refractivity contribution < 1.29 is 27.4 Å². The molecule has 1 saturated heterocycles. The number of benzene rings is 2. The Hall–Kier alpha value is -3.02. The number of aromatic nitrogens is 1. The third-order valence-electron chi connectivity index (χ3n) is 6.16. The highest BCUT2D eigenvalue weighted by molar-refractivity contribution is 7.89. The van der Waals surface area contributed by atoms with Gasteiger partial charge in [-0.15, -0.1) is 11.3 Å². The van der Waals surface area contributed by atoms with Crippen LogP contribution in [-0.4, -0.2) is 38.3 Å². The Kier molecular flexibility index (Phi) is 6.96. The van der Waals surface area contributed by atoms with Crippen LogP contribution in [-0.2, 0) is 26.8 Å². The lowest BCUT2D eigenvalue weighted by atomic mass is 9.88. The average molecular weight is 527 g/mol. The van der Waals surface area contributed by atoms with Crippen molar-refractivity contribution in [2.24, 2.45) is 5.14 Å². The van der Waals surface area contributed by atoms with Crippen molar-refractivity contribution in [2.75, 3.05) is 19.8 Å². The van der Waals surface area contributed by atoms with Crippen LogP contribution < -0.4 is 9.88 Å². The fourth-order valence-electron chi connectivity index (χ4n) is 4.13. The summed E-state index contributed by atoms with van der Waals surface area (Å²) in [6.07, 6.45) is 1.58. The molecule has 2 aromatic carbocycles. The van der Waals surface area contributed by atoms with E-state index in [9.17, 15) is 13.5 Å². The zero-order chi connectivity index (χ0) is 25.2. The Morgan fingerprint density at radius 3 is 2.47 bits per heavy atom. The monoisotopic (exact) mass is 526 g/mol. The number of hydrogen-bond acceptors (Lipinski definition) is 8. The van der Waals surface area contributed by atoms with Crippen LogP contribution >= 0.6 is 11.3 Å². The summed E-state index contributed by atoms with van der Waals surface area (Å²) in [5.41, 5.74) is 2.23. The third kappa shape index (κ3) is 5.37. The lowest BCUT2D eigenvalue weighted by Gasteiger charge is -2.31. The van der Waals surface area contributed by atoms with Gasteiger partial charge in [0.15, 0.2) is 16.7 Å². The normalized spacial score (nSPS) is 15.6. The summed E-state index contributed by atoms with van der Waals surface area (Å²) in [4.78, 5) is 4.74. The standard InChI is InChI=1S/C26H26N2O6S2/c27-36(30,31)21-8-6-19(7-9-21)25-24(18-4-2-1-3-5-18)28-22(34-25)10-13-33-23-16-20(17-35-23)26(29)11-14-32-15-12-26/h1-9,16-17,29H,10-15H2,(H2,27,30,31). The van der Waals surface area contributed by atoms with E-state index in [2.05, 4.69) is 0 Å². The highest BCUT2D eigenvalue weighted by atomic mass is 32.2. The maximum atomic E-state index is 11.6. The molecular formula is C26H26N2O6S2. The van der Waals surface area contributed by atoms with Crippen molar-refractivity contribution in [1.82, 2.24) is 4.98 Å². The van der Waals surface area contributed by atoms with Crippen LogP contribution in [0, 0.1) is 0 Å². The predicted octanol–water partition coefficient (Wildman–Crippen LogP) is 4.34. The molecule has 3 heterocycles. The van der Waals surface area contributed by atoms with Crippen LogP contribution in [0.5, 0.6) is 5.06 Å². The van der Waals surface area contributed by atoms with Crippen molar-refractivity contribution in [3.05, 3.63) is 77.5 Å². The second-order valence-electron chi connectivity index (χ2n) is 8.62. The van der Waals surface area contributed by atoms with Gasteiger partial charge in [-0.05, 0) is 35.9 Å². The molecule has 1 aliphatic heterocycles. The van der Waals surface area contributed by atoms with Gasteiger partial charge in [0.2, 0.25) is 10.0 Å². The van der Waals surface area contributed by atoms with Crippen LogP contribution in [0.1, 0.15) is 24.3 Å². The van der Waals surface area contributed by atoms with Crippen LogP contribution in [0.25, 0.3) is 22.6 Å². The highest BCUT2D eigenvalue weighted by Gasteiger charge is 2.32. The number of oxazole rings is 1. The Morgan fingerprint density at radius 2 is 1.78 bits per heavy atom. The first-order valence-electron chi connectivity index (χ1n) is 11.5. The molecule has 3 N–H and O–H groups in total. The van der Waals surface area contributed by atoms with Gasteiger partial charge in [-0.1, -0.05) is 30.3 Å². The van der Waals surface area contributed by atoms with Gasteiger partial charge in [-0.2, -0.15) is 0 Å². The summed E-state index contributed by atoms with van der Waals surface area (Å²) < 4.78 is 40.7. The number of hydrogen-bond donors (Lipinski definition) is 2. The van der Waals surface area contributed by atoms with E-state index in [-0.39, 0.29) is 4.90 Å². The van der Waals surface area contributed by atoms with Crippen LogP contribution in [0.3, 0.4) is 0 Å². The van der Waals surface area contributed by atoms with Gasteiger partial charge >= 0.3 is 0 Å². The number of nitrogens with two attached hydrogens (primary N) is 1. The smallest absolute Gasteiger partial charge is 0.238 e. The van der Waals surface area contributed by atoms with Crippen LogP contribution in [0.4, 0.5) is 0 Å². The van der Waals surface area contributed by atoms with E-state index < -0.39 is 15.6 Å². The fraction of sp³-hybridized carbons (Fsp3) is 0.269. The van der Waals surface area contributed by atoms with E-state index in [1.165, 1.54) is 23.5 Å². The molecule has 0 atom stereocenters. The molecule has 0 spiro atoms. The minimum atomic E-state index is -3.79. The molecule has 188 valence electrons. The SMILES string of the molecule is NS(=O)(=O)c1ccc(-c2oc(CCOc3cc(C4(O)CCOCC4)cs3)nc2-c2ccccc2)cc1. The van der Waals surface area contributed by atoms with E-state index in [4.69, 9.17) is 24.0 Å². The highest BCUT2D eigenvalue weighted by Crippen LogP contribution is 2.37. The van der Waals surface area contributed by atoms with Gasteiger partial charge in [-0.25, -0.2) is 18.5 Å². The molecule has 0 aliphatic carbocycles. The van der Waals surface area contributed by atoms with Crippen LogP contribution in [0.15, 0.2) is 75.4 Å². The van der Waals surface area contributed by atoms with Gasteiger partial charge in [0.1, 0.15) is 5.69 Å². The molecule has 36 heavy (non-hydrogen) atoms. The van der Waals surface area contributed by atoms with Crippen molar-refractivity contribution in [2.45, 2.75) is 29.8 Å². The quantitative estimate of drug-likeness (QED) is 0.350. The first-order valence-corrected chi connectivity index (χ1v) is 13.9. The Labute approximate surface area is 213 Å². The maximum Gasteiger partial charge on any atom is 0.238 e. The van der Waals surface area contributed by atoms with Crippen molar-refractivity contribution in [3.63, 3.8) is 0 Å². The number of rotatable bonds is 8. The minimum absolute atomic E-state index is 0.0291. The van der Waals surface area contributed by atoms with E-state index in [1.807, 2.05) is 41.8 Å². The number of thiophene rings is 1. The minimum Gasteiger partial charge on any atom is -0.483 e. The fourth-order valence-corrected chi connectivity index (χ4v) is 5.52. The van der Waals surface area contributed by atoms with Gasteiger partial charge in [0, 0.05) is 42.6 Å². The first-order chi connectivity index (χ1) is 17.3. The molecular weight excluding hydrogens is 500 g/mol. The molecule has 1 fully saturated rings. The molecule has 2 aromatic heterocycles. The number of primary sulfonamides is 1. The summed E-state index contributed by atoms with van der Waals surface area (Å²) in [5.74, 6) is 1.04. The Morgan fingerprint density at radius 1 is 1.06 bits per heavy atom. The molecule has 10 heteroatoms. The number of nitrogens with zero attached hydrogens (tertiary/aromatic N) is 1. The molecule has 0 radical (unpaired) electrons. The zero-order valence-corrected chi connectivity index (χ0v) is 21.1. The second-order valence-corrected chi connectivity index (χ2v) is 11.1. The third-order valence-corrected chi connectivity index (χ3v) is 7.93. The summed E-state index contributed by atoms with van der Waals surface area (Å²) in [5, 5.41) is 18.8. The molecule has 0 saturated carbocycles. The zero-order valence-electron chi connectivity index (χ0n) is 19.4. The first kappa shape index (κ1) is 24.7. The predicted molar refractivity (Wildman–Crippen MR) is 136 cm³/mol. The topological polar surface area (TPSA) is 125 Å². The van der Waals surface area contributed by atoms with Crippen molar-refractivity contribution in [3.8, 4) is 27.6 Å². The van der Waals surface area contributed by atoms with Gasteiger partial charge < -0.3 is 19.0 Å². The number of sulfonamides is 1. The summed E-state index contributed by atoms with van der Waals surface area (Å²) in [6.45, 7) is 1.44. The average Bonchev–Trinajstić information content (AvgIpc) is 3.53. The summed E-state index contributed by atoms with van der Waals surface area (Å²) in [7, 11) is -3.79. The summed E-state index contributed by atoms with van der Waals surface area (Å²) >= 11 is 1.45. The van der Waals surface area contributed by atoms with Gasteiger partial charge in [-0.3, -0.25) is 0 Å². The van der Waals surface area contributed by atoms with E-state index >= 15 is 0 Å². The molecule has 4 aromatic rings. The molecule has 8 nitrogen and oxygen atoms in total. The van der Waals surface area contributed by atoms with Crippen molar-refractivity contribution >= 4 is 21.4 Å². The maximum absolute atomic E-state index is 11.6. The van der Waals surface area contributed by atoms with Crippen molar-refractivity contribution in [1.29, 1.82) is 0 Å². The molecule has 5 rings (SSSR count).